The molecule has 146 valence electrons. The number of hydrogen-bond acceptors (Lipinski definition) is 6. The molecule has 0 aromatic heterocycles. The normalized spacial score (nSPS) is 12.8. The standard InChI is InChI=1S/C19H30N2O5/c1-5-19(3,13-18(23)24-4)21-14-17(22)20-11-12-26-16-9-7-15(8-10-16)25-6-2/h7-10,21H,5-6,11-14H2,1-4H3,(H,20,22)/t19-/m1/s1. The van der Waals surface area contributed by atoms with Crippen molar-refractivity contribution in [2.45, 2.75) is 39.2 Å². The van der Waals surface area contributed by atoms with Crippen LogP contribution in [0, 0.1) is 0 Å². The lowest BCUT2D eigenvalue weighted by Gasteiger charge is -2.28. The molecule has 1 aromatic carbocycles. The third-order valence-corrected chi connectivity index (χ3v) is 4.05. The van der Waals surface area contributed by atoms with E-state index in [2.05, 4.69) is 10.6 Å². The van der Waals surface area contributed by atoms with Crippen LogP contribution in [0.5, 0.6) is 11.5 Å². The molecule has 1 aromatic rings. The first kappa shape index (κ1) is 21.8. The molecule has 0 saturated carbocycles. The number of amides is 1. The number of carbonyl (C=O) groups is 2. The fraction of sp³-hybridized carbons (Fsp3) is 0.579. The lowest BCUT2D eigenvalue weighted by atomic mass is 9.94. The van der Waals surface area contributed by atoms with E-state index >= 15 is 0 Å². The van der Waals surface area contributed by atoms with Gasteiger partial charge in [-0.2, -0.15) is 0 Å². The summed E-state index contributed by atoms with van der Waals surface area (Å²) in [6.45, 7) is 7.30. The van der Waals surface area contributed by atoms with Crippen LogP contribution in [0.3, 0.4) is 0 Å². The summed E-state index contributed by atoms with van der Waals surface area (Å²) in [4.78, 5) is 23.4. The van der Waals surface area contributed by atoms with Gasteiger partial charge in [-0.05, 0) is 44.5 Å². The zero-order valence-electron chi connectivity index (χ0n) is 16.1. The number of esters is 1. The molecular formula is C19H30N2O5. The number of methoxy groups -OCH3 is 1. The monoisotopic (exact) mass is 366 g/mol. The number of benzene rings is 1. The van der Waals surface area contributed by atoms with E-state index in [9.17, 15) is 9.59 Å². The fourth-order valence-corrected chi connectivity index (χ4v) is 2.22. The average molecular weight is 366 g/mol. The molecule has 0 aliphatic rings. The van der Waals surface area contributed by atoms with Gasteiger partial charge in [0.1, 0.15) is 18.1 Å². The summed E-state index contributed by atoms with van der Waals surface area (Å²) >= 11 is 0. The predicted molar refractivity (Wildman–Crippen MR) is 99.4 cm³/mol. The van der Waals surface area contributed by atoms with Crippen molar-refractivity contribution < 1.29 is 23.8 Å². The summed E-state index contributed by atoms with van der Waals surface area (Å²) < 4.78 is 15.6. The number of rotatable bonds is 12. The molecule has 1 atom stereocenters. The minimum atomic E-state index is -0.469. The Balaban J connectivity index is 2.26. The van der Waals surface area contributed by atoms with E-state index < -0.39 is 5.54 Å². The van der Waals surface area contributed by atoms with Crippen molar-refractivity contribution >= 4 is 11.9 Å². The second kappa shape index (κ2) is 11.4. The molecule has 0 saturated heterocycles. The zero-order chi connectivity index (χ0) is 19.4. The van der Waals surface area contributed by atoms with Crippen LogP contribution < -0.4 is 20.1 Å². The molecule has 7 nitrogen and oxygen atoms in total. The van der Waals surface area contributed by atoms with Gasteiger partial charge in [-0.3, -0.25) is 9.59 Å². The first-order valence-corrected chi connectivity index (χ1v) is 8.86. The minimum Gasteiger partial charge on any atom is -0.494 e. The van der Waals surface area contributed by atoms with Gasteiger partial charge in [-0.25, -0.2) is 0 Å². The van der Waals surface area contributed by atoms with Gasteiger partial charge in [0.25, 0.3) is 0 Å². The van der Waals surface area contributed by atoms with Crippen molar-refractivity contribution in [3.63, 3.8) is 0 Å². The third-order valence-electron chi connectivity index (χ3n) is 4.05. The summed E-state index contributed by atoms with van der Waals surface area (Å²) in [6.07, 6.45) is 0.921. The molecule has 0 heterocycles. The van der Waals surface area contributed by atoms with E-state index in [0.29, 0.717) is 26.2 Å². The Morgan fingerprint density at radius 3 is 2.23 bits per heavy atom. The highest BCUT2D eigenvalue weighted by Crippen LogP contribution is 2.17. The van der Waals surface area contributed by atoms with Gasteiger partial charge in [0.2, 0.25) is 5.91 Å². The molecule has 0 unspecified atom stereocenters. The topological polar surface area (TPSA) is 85.9 Å². The first-order valence-electron chi connectivity index (χ1n) is 8.86. The van der Waals surface area contributed by atoms with Crippen molar-refractivity contribution in [3.05, 3.63) is 24.3 Å². The van der Waals surface area contributed by atoms with Crippen LogP contribution in [0.15, 0.2) is 24.3 Å². The van der Waals surface area contributed by atoms with E-state index in [1.165, 1.54) is 7.11 Å². The maximum atomic E-state index is 11.9. The third kappa shape index (κ3) is 8.20. The van der Waals surface area contributed by atoms with Crippen LogP contribution in [0.4, 0.5) is 0 Å². The summed E-state index contributed by atoms with van der Waals surface area (Å²) in [5, 5.41) is 5.90. The van der Waals surface area contributed by atoms with Crippen molar-refractivity contribution in [2.75, 3.05) is 33.4 Å². The summed E-state index contributed by atoms with van der Waals surface area (Å²) in [6, 6.07) is 7.34. The SMILES string of the molecule is CCOc1ccc(OCCNC(=O)CN[C@](C)(CC)CC(=O)OC)cc1. The molecule has 0 spiro atoms. The van der Waals surface area contributed by atoms with Crippen LogP contribution in [0.25, 0.3) is 0 Å². The minimum absolute atomic E-state index is 0.129. The number of carbonyl (C=O) groups excluding carboxylic acids is 2. The second-order valence-electron chi connectivity index (χ2n) is 6.12. The molecule has 2 N–H and O–H groups in total. The summed E-state index contributed by atoms with van der Waals surface area (Å²) in [5.74, 6) is 1.07. The Bertz CT molecular complexity index is 562. The van der Waals surface area contributed by atoms with Gasteiger partial charge in [0.05, 0.1) is 33.2 Å². The van der Waals surface area contributed by atoms with Crippen LogP contribution in [-0.4, -0.2) is 50.8 Å². The van der Waals surface area contributed by atoms with Crippen LogP contribution in [-0.2, 0) is 14.3 Å². The first-order chi connectivity index (χ1) is 12.4. The van der Waals surface area contributed by atoms with E-state index in [4.69, 9.17) is 14.2 Å². The van der Waals surface area contributed by atoms with Gasteiger partial charge in [0, 0.05) is 5.54 Å². The summed E-state index contributed by atoms with van der Waals surface area (Å²) in [7, 11) is 1.36. The van der Waals surface area contributed by atoms with E-state index in [1.807, 2.05) is 45.0 Å². The highest BCUT2D eigenvalue weighted by molar-refractivity contribution is 5.78. The van der Waals surface area contributed by atoms with Crippen molar-refractivity contribution in [2.24, 2.45) is 0 Å². The van der Waals surface area contributed by atoms with Crippen molar-refractivity contribution in [1.82, 2.24) is 10.6 Å². The van der Waals surface area contributed by atoms with Crippen LogP contribution in [0.2, 0.25) is 0 Å². The molecule has 0 fully saturated rings. The fourth-order valence-electron chi connectivity index (χ4n) is 2.22. The highest BCUT2D eigenvalue weighted by atomic mass is 16.5. The van der Waals surface area contributed by atoms with Crippen LogP contribution in [0.1, 0.15) is 33.6 Å². The number of ether oxygens (including phenoxy) is 3. The molecule has 1 amide bonds. The Kier molecular flexibility index (Phi) is 9.51. The van der Waals surface area contributed by atoms with E-state index in [1.54, 1.807) is 0 Å². The molecule has 0 bridgehead atoms. The maximum absolute atomic E-state index is 11.9. The van der Waals surface area contributed by atoms with Gasteiger partial charge in [0.15, 0.2) is 0 Å². The average Bonchev–Trinajstić information content (AvgIpc) is 2.65. The molecule has 0 aliphatic heterocycles. The summed E-state index contributed by atoms with van der Waals surface area (Å²) in [5.41, 5.74) is -0.469. The largest absolute Gasteiger partial charge is 0.494 e. The lowest BCUT2D eigenvalue weighted by Crippen LogP contribution is -2.48. The Morgan fingerprint density at radius 1 is 1.08 bits per heavy atom. The molecule has 7 heteroatoms. The molecule has 1 rings (SSSR count). The Labute approximate surface area is 155 Å². The predicted octanol–water partition coefficient (Wildman–Crippen LogP) is 1.90. The van der Waals surface area contributed by atoms with Crippen LogP contribution >= 0.6 is 0 Å². The van der Waals surface area contributed by atoms with Crippen molar-refractivity contribution in [1.29, 1.82) is 0 Å². The van der Waals surface area contributed by atoms with Gasteiger partial charge < -0.3 is 24.8 Å². The molecule has 0 radical (unpaired) electrons. The Morgan fingerprint density at radius 2 is 1.69 bits per heavy atom. The molecule has 0 aliphatic carbocycles. The smallest absolute Gasteiger partial charge is 0.307 e. The van der Waals surface area contributed by atoms with Crippen molar-refractivity contribution in [3.8, 4) is 11.5 Å². The van der Waals surface area contributed by atoms with E-state index in [0.717, 1.165) is 11.5 Å². The van der Waals surface area contributed by atoms with Gasteiger partial charge in [-0.15, -0.1) is 0 Å². The van der Waals surface area contributed by atoms with Gasteiger partial charge >= 0.3 is 5.97 Å². The second-order valence-corrected chi connectivity index (χ2v) is 6.12. The van der Waals surface area contributed by atoms with Gasteiger partial charge in [-0.1, -0.05) is 6.92 Å². The molecular weight excluding hydrogens is 336 g/mol. The quantitative estimate of drug-likeness (QED) is 0.434. The number of nitrogens with one attached hydrogen (secondary N) is 2. The molecule has 26 heavy (non-hydrogen) atoms. The lowest BCUT2D eigenvalue weighted by molar-refractivity contribution is -0.142. The maximum Gasteiger partial charge on any atom is 0.307 e. The highest BCUT2D eigenvalue weighted by Gasteiger charge is 2.26. The zero-order valence-corrected chi connectivity index (χ0v) is 16.1. The van der Waals surface area contributed by atoms with E-state index in [-0.39, 0.29) is 24.8 Å². The Hall–Kier alpha value is -2.28. The number of hydrogen-bond donors (Lipinski definition) is 2.